The predicted octanol–water partition coefficient (Wildman–Crippen LogP) is 3.36. The Bertz CT molecular complexity index is 1170. The highest BCUT2D eigenvalue weighted by atomic mass is 32.2. The number of sulfonamides is 1. The minimum atomic E-state index is -3.59. The van der Waals surface area contributed by atoms with E-state index in [2.05, 4.69) is 15.5 Å². The summed E-state index contributed by atoms with van der Waals surface area (Å²) in [5.41, 5.74) is 6.17. The lowest BCUT2D eigenvalue weighted by Gasteiger charge is -2.17. The van der Waals surface area contributed by atoms with Gasteiger partial charge >= 0.3 is 0 Å². The molecule has 0 radical (unpaired) electrons. The van der Waals surface area contributed by atoms with Crippen LogP contribution in [0.2, 0.25) is 0 Å². The number of benzene rings is 2. The zero-order valence-corrected chi connectivity index (χ0v) is 18.4. The van der Waals surface area contributed by atoms with Crippen molar-refractivity contribution in [1.29, 1.82) is 0 Å². The number of hydrazone groups is 1. The Kier molecular flexibility index (Phi) is 6.94. The first-order valence-electron chi connectivity index (χ1n) is 9.64. The van der Waals surface area contributed by atoms with Crippen LogP contribution in [-0.2, 0) is 16.6 Å². The van der Waals surface area contributed by atoms with Crippen molar-refractivity contribution < 1.29 is 13.2 Å². The normalized spacial score (nSPS) is 12.1. The van der Waals surface area contributed by atoms with E-state index in [-0.39, 0.29) is 17.3 Å². The lowest BCUT2D eigenvalue weighted by Crippen LogP contribution is -2.26. The quantitative estimate of drug-likeness (QED) is 0.454. The molecule has 0 saturated heterocycles. The molecule has 1 amide bonds. The third-order valence-electron chi connectivity index (χ3n) is 4.75. The predicted molar refractivity (Wildman–Crippen MR) is 120 cm³/mol. The highest BCUT2D eigenvalue weighted by Crippen LogP contribution is 2.17. The van der Waals surface area contributed by atoms with Gasteiger partial charge in [0.2, 0.25) is 10.0 Å². The van der Waals surface area contributed by atoms with Crippen molar-refractivity contribution in [2.75, 3.05) is 7.05 Å². The summed E-state index contributed by atoms with van der Waals surface area (Å²) in [6, 6.07) is 17.1. The summed E-state index contributed by atoms with van der Waals surface area (Å²) < 4.78 is 26.7. The molecule has 0 aliphatic rings. The molecule has 7 nitrogen and oxygen atoms in total. The maximum Gasteiger partial charge on any atom is 0.271 e. The van der Waals surface area contributed by atoms with Crippen LogP contribution in [0.4, 0.5) is 0 Å². The highest BCUT2D eigenvalue weighted by Gasteiger charge is 2.20. The van der Waals surface area contributed by atoms with E-state index in [9.17, 15) is 13.2 Å². The van der Waals surface area contributed by atoms with E-state index in [1.165, 1.54) is 11.4 Å². The number of hydrogen-bond acceptors (Lipinski definition) is 5. The molecule has 1 N–H and O–H groups in total. The van der Waals surface area contributed by atoms with Crippen molar-refractivity contribution in [3.8, 4) is 0 Å². The molecule has 0 fully saturated rings. The maximum absolute atomic E-state index is 12.7. The van der Waals surface area contributed by atoms with Gasteiger partial charge in [0.25, 0.3) is 5.91 Å². The Balaban J connectivity index is 1.64. The van der Waals surface area contributed by atoms with Gasteiger partial charge in [-0.05, 0) is 49.7 Å². The van der Waals surface area contributed by atoms with Crippen LogP contribution in [0.25, 0.3) is 0 Å². The van der Waals surface area contributed by atoms with E-state index in [1.54, 1.807) is 73.9 Å². The molecule has 0 bridgehead atoms. The largest absolute Gasteiger partial charge is 0.271 e. The number of hydrogen-bond donors (Lipinski definition) is 1. The second-order valence-corrected chi connectivity index (χ2v) is 9.20. The number of carbonyl (C=O) groups excluding carboxylic acids is 1. The van der Waals surface area contributed by atoms with E-state index in [0.717, 1.165) is 16.7 Å². The average molecular weight is 437 g/mol. The fourth-order valence-electron chi connectivity index (χ4n) is 2.83. The molecule has 0 atom stereocenters. The number of nitrogens with zero attached hydrogens (tertiary/aromatic N) is 3. The molecule has 2 aromatic carbocycles. The van der Waals surface area contributed by atoms with Crippen molar-refractivity contribution in [2.45, 2.75) is 25.3 Å². The Morgan fingerprint density at radius 3 is 2.32 bits per heavy atom. The first kappa shape index (κ1) is 22.3. The van der Waals surface area contributed by atoms with Gasteiger partial charge in [-0.3, -0.25) is 9.78 Å². The number of pyridine rings is 1. The molecule has 1 heterocycles. The molecule has 1 aromatic heterocycles. The summed E-state index contributed by atoms with van der Waals surface area (Å²) in [5, 5.41) is 4.10. The number of amides is 1. The van der Waals surface area contributed by atoms with Crippen LogP contribution >= 0.6 is 0 Å². The molecular formula is C23H24N4O3S. The van der Waals surface area contributed by atoms with Gasteiger partial charge < -0.3 is 0 Å². The van der Waals surface area contributed by atoms with E-state index in [1.807, 2.05) is 13.0 Å². The van der Waals surface area contributed by atoms with Crippen molar-refractivity contribution in [3.63, 3.8) is 0 Å². The molecule has 0 aliphatic carbocycles. The molecule has 3 aromatic rings. The second-order valence-electron chi connectivity index (χ2n) is 7.15. The number of nitrogens with one attached hydrogen (secondary N) is 1. The molecule has 0 spiro atoms. The fourth-order valence-corrected chi connectivity index (χ4v) is 3.99. The minimum absolute atomic E-state index is 0.191. The first-order chi connectivity index (χ1) is 14.8. The lowest BCUT2D eigenvalue weighted by molar-refractivity contribution is 0.0955. The number of carbonyl (C=O) groups is 1. The zero-order chi connectivity index (χ0) is 22.4. The SMILES string of the molecule is CC(=NNC(=O)c1ccc(CN(C)S(=O)(=O)c2ccc(C)cc2)cc1)c1cccnc1. The van der Waals surface area contributed by atoms with Gasteiger partial charge in [-0.2, -0.15) is 9.41 Å². The van der Waals surface area contributed by atoms with Crippen LogP contribution in [0, 0.1) is 6.92 Å². The Hall–Kier alpha value is -3.36. The zero-order valence-electron chi connectivity index (χ0n) is 17.6. The van der Waals surface area contributed by atoms with Crippen LogP contribution < -0.4 is 5.43 Å². The van der Waals surface area contributed by atoms with E-state index in [0.29, 0.717) is 11.3 Å². The minimum Gasteiger partial charge on any atom is -0.267 e. The number of aryl methyl sites for hydroxylation is 1. The summed E-state index contributed by atoms with van der Waals surface area (Å²) in [7, 11) is -2.06. The molecule has 3 rings (SSSR count). The molecule has 160 valence electrons. The summed E-state index contributed by atoms with van der Waals surface area (Å²) in [6.45, 7) is 3.88. The van der Waals surface area contributed by atoms with Crippen molar-refractivity contribution in [2.24, 2.45) is 5.10 Å². The van der Waals surface area contributed by atoms with Gasteiger partial charge in [0, 0.05) is 37.1 Å². The molecule has 8 heteroatoms. The van der Waals surface area contributed by atoms with Crippen LogP contribution in [0.1, 0.15) is 34.0 Å². The summed E-state index contributed by atoms with van der Waals surface area (Å²) >= 11 is 0. The average Bonchev–Trinajstić information content (AvgIpc) is 2.78. The van der Waals surface area contributed by atoms with Gasteiger partial charge in [-0.1, -0.05) is 35.9 Å². The highest BCUT2D eigenvalue weighted by molar-refractivity contribution is 7.89. The smallest absolute Gasteiger partial charge is 0.267 e. The van der Waals surface area contributed by atoms with Crippen molar-refractivity contribution in [1.82, 2.24) is 14.7 Å². The molecule has 31 heavy (non-hydrogen) atoms. The molecule has 0 saturated carbocycles. The van der Waals surface area contributed by atoms with Crippen LogP contribution in [0.3, 0.4) is 0 Å². The number of rotatable bonds is 7. The summed E-state index contributed by atoms with van der Waals surface area (Å²) in [6.07, 6.45) is 3.33. The first-order valence-corrected chi connectivity index (χ1v) is 11.1. The van der Waals surface area contributed by atoms with Crippen molar-refractivity contribution >= 4 is 21.6 Å². The number of aromatic nitrogens is 1. The summed E-state index contributed by atoms with van der Waals surface area (Å²) in [4.78, 5) is 16.6. The molecule has 0 aliphatic heterocycles. The van der Waals surface area contributed by atoms with E-state index >= 15 is 0 Å². The topological polar surface area (TPSA) is 91.7 Å². The van der Waals surface area contributed by atoms with Gasteiger partial charge in [0.05, 0.1) is 10.6 Å². The summed E-state index contributed by atoms with van der Waals surface area (Å²) in [5.74, 6) is -0.351. The maximum atomic E-state index is 12.7. The Labute approximate surface area is 182 Å². The molecular weight excluding hydrogens is 412 g/mol. The van der Waals surface area contributed by atoms with Gasteiger partial charge in [0.15, 0.2) is 0 Å². The lowest BCUT2D eigenvalue weighted by atomic mass is 10.1. The van der Waals surface area contributed by atoms with E-state index < -0.39 is 10.0 Å². The van der Waals surface area contributed by atoms with Crippen LogP contribution in [-0.4, -0.2) is 36.4 Å². The standard InChI is InChI=1S/C23H24N4O3S/c1-17-6-12-22(13-7-17)31(29,30)27(3)16-19-8-10-20(11-9-19)23(28)26-25-18(2)21-5-4-14-24-15-21/h4-15H,16H2,1-3H3,(H,26,28). The van der Waals surface area contributed by atoms with E-state index in [4.69, 9.17) is 0 Å². The third-order valence-corrected chi connectivity index (χ3v) is 6.57. The second kappa shape index (κ2) is 9.63. The molecule has 0 unspecified atom stereocenters. The Morgan fingerprint density at radius 2 is 1.71 bits per heavy atom. The third kappa shape index (κ3) is 5.62. The van der Waals surface area contributed by atoms with Gasteiger partial charge in [0.1, 0.15) is 0 Å². The van der Waals surface area contributed by atoms with Gasteiger partial charge in [-0.15, -0.1) is 0 Å². The van der Waals surface area contributed by atoms with Crippen molar-refractivity contribution in [3.05, 3.63) is 95.3 Å². The van der Waals surface area contributed by atoms with Gasteiger partial charge in [-0.25, -0.2) is 13.8 Å². The monoisotopic (exact) mass is 436 g/mol. The Morgan fingerprint density at radius 1 is 1.03 bits per heavy atom. The van der Waals surface area contributed by atoms with Crippen LogP contribution in [0.5, 0.6) is 0 Å². The van der Waals surface area contributed by atoms with Crippen LogP contribution in [0.15, 0.2) is 83.1 Å². The fraction of sp³-hybridized carbons (Fsp3) is 0.174.